The quantitative estimate of drug-likeness (QED) is 0.524. The van der Waals surface area contributed by atoms with Crippen molar-refractivity contribution in [3.63, 3.8) is 0 Å². The minimum absolute atomic E-state index is 0.497. The lowest BCUT2D eigenvalue weighted by Crippen LogP contribution is -2.43. The Bertz CT molecular complexity index is 1090. The van der Waals surface area contributed by atoms with E-state index in [-0.39, 0.29) is 0 Å². The molecule has 0 spiro atoms. The number of benzene rings is 2. The molecule has 8 nitrogen and oxygen atoms in total. The topological polar surface area (TPSA) is 98.8 Å². The van der Waals surface area contributed by atoms with Crippen molar-refractivity contribution in [1.29, 1.82) is 0 Å². The fraction of sp³-hybridized carbons (Fsp3) is 0.238. The summed E-state index contributed by atoms with van der Waals surface area (Å²) >= 11 is 0. The van der Waals surface area contributed by atoms with Crippen LogP contribution in [0.1, 0.15) is 12.5 Å². The lowest BCUT2D eigenvalue weighted by Gasteiger charge is -2.19. The van der Waals surface area contributed by atoms with Gasteiger partial charge in [0.05, 0.1) is 12.2 Å². The van der Waals surface area contributed by atoms with E-state index in [1.54, 1.807) is 24.3 Å². The Kier molecular flexibility index (Phi) is 6.47. The van der Waals surface area contributed by atoms with Gasteiger partial charge in [-0.1, -0.05) is 17.7 Å². The van der Waals surface area contributed by atoms with Gasteiger partial charge in [0.25, 0.3) is 5.91 Å². The average molecular weight is 448 g/mol. The molecule has 1 atom stereocenters. The summed E-state index contributed by atoms with van der Waals surface area (Å²) in [5.41, 5.74) is 0.866. The molecule has 32 heavy (non-hydrogen) atoms. The molecule has 2 aromatic carbocycles. The Hall–Kier alpha value is -3.89. The van der Waals surface area contributed by atoms with Crippen LogP contribution < -0.4 is 15.5 Å². The van der Waals surface area contributed by atoms with Crippen LogP contribution in [-0.2, 0) is 14.4 Å². The van der Waals surface area contributed by atoms with Gasteiger partial charge < -0.3 is 10.6 Å². The van der Waals surface area contributed by atoms with Crippen molar-refractivity contribution >= 4 is 35.1 Å². The van der Waals surface area contributed by atoms with E-state index >= 15 is 0 Å². The SMILES string of the molecule is Cc1ccc(N2C(=O)N(CC(=O)NCC(=O)Nc3ccc(F)c(F)c3F)C(=O)[C@@H]2C)cc1. The van der Waals surface area contributed by atoms with E-state index in [1.807, 2.05) is 12.2 Å². The highest BCUT2D eigenvalue weighted by Gasteiger charge is 2.44. The van der Waals surface area contributed by atoms with Crippen LogP contribution in [0.15, 0.2) is 36.4 Å². The zero-order chi connectivity index (χ0) is 23.6. The van der Waals surface area contributed by atoms with Gasteiger partial charge in [0.2, 0.25) is 11.8 Å². The first-order chi connectivity index (χ1) is 15.1. The van der Waals surface area contributed by atoms with Gasteiger partial charge in [0.1, 0.15) is 12.6 Å². The molecule has 168 valence electrons. The van der Waals surface area contributed by atoms with Crippen molar-refractivity contribution in [1.82, 2.24) is 10.2 Å². The molecule has 1 aliphatic rings. The summed E-state index contributed by atoms with van der Waals surface area (Å²) in [5, 5.41) is 4.18. The fourth-order valence-corrected chi connectivity index (χ4v) is 3.11. The highest BCUT2D eigenvalue weighted by atomic mass is 19.2. The van der Waals surface area contributed by atoms with Crippen LogP contribution in [0.5, 0.6) is 0 Å². The monoisotopic (exact) mass is 448 g/mol. The Morgan fingerprint density at radius 3 is 2.28 bits per heavy atom. The van der Waals surface area contributed by atoms with E-state index in [2.05, 4.69) is 5.32 Å². The number of amides is 5. The van der Waals surface area contributed by atoms with Gasteiger partial charge in [-0.05, 0) is 38.1 Å². The molecule has 1 aliphatic heterocycles. The number of carbonyl (C=O) groups is 4. The van der Waals surface area contributed by atoms with Gasteiger partial charge >= 0.3 is 6.03 Å². The summed E-state index contributed by atoms with van der Waals surface area (Å²) in [7, 11) is 0. The third-order valence-electron chi connectivity index (χ3n) is 4.82. The Labute approximate surface area is 181 Å². The highest BCUT2D eigenvalue weighted by Crippen LogP contribution is 2.26. The van der Waals surface area contributed by atoms with E-state index in [9.17, 15) is 32.3 Å². The molecule has 0 radical (unpaired) electrons. The maximum absolute atomic E-state index is 13.6. The van der Waals surface area contributed by atoms with Gasteiger partial charge in [-0.25, -0.2) is 18.0 Å². The molecule has 0 aliphatic carbocycles. The third-order valence-corrected chi connectivity index (χ3v) is 4.82. The number of hydrogen-bond donors (Lipinski definition) is 2. The van der Waals surface area contributed by atoms with Crippen molar-refractivity contribution in [2.24, 2.45) is 0 Å². The fourth-order valence-electron chi connectivity index (χ4n) is 3.11. The van der Waals surface area contributed by atoms with E-state index in [4.69, 9.17) is 0 Å². The maximum atomic E-state index is 13.6. The second-order valence-corrected chi connectivity index (χ2v) is 7.14. The van der Waals surface area contributed by atoms with E-state index < -0.39 is 66.0 Å². The Morgan fingerprint density at radius 2 is 1.62 bits per heavy atom. The van der Waals surface area contributed by atoms with Crippen molar-refractivity contribution < 1.29 is 32.3 Å². The largest absolute Gasteiger partial charge is 0.345 e. The molecule has 2 aromatic rings. The number of rotatable bonds is 6. The normalized spacial score (nSPS) is 15.8. The van der Waals surface area contributed by atoms with Gasteiger partial charge in [0, 0.05) is 5.69 Å². The molecule has 0 bridgehead atoms. The Balaban J connectivity index is 1.58. The zero-order valence-electron chi connectivity index (χ0n) is 17.1. The molecule has 3 rings (SSSR count). The van der Waals surface area contributed by atoms with Crippen LogP contribution in [0.2, 0.25) is 0 Å². The summed E-state index contributed by atoms with van der Waals surface area (Å²) in [6.45, 7) is 2.13. The van der Waals surface area contributed by atoms with Crippen LogP contribution in [0.25, 0.3) is 0 Å². The lowest BCUT2D eigenvalue weighted by molar-refractivity contribution is -0.132. The predicted octanol–water partition coefficient (Wildman–Crippen LogP) is 2.32. The minimum Gasteiger partial charge on any atom is -0.345 e. The smallest absolute Gasteiger partial charge is 0.332 e. The summed E-state index contributed by atoms with van der Waals surface area (Å²) in [6.07, 6.45) is 0. The molecule has 11 heteroatoms. The van der Waals surface area contributed by atoms with Crippen molar-refractivity contribution in [2.45, 2.75) is 19.9 Å². The molecule has 5 amide bonds. The van der Waals surface area contributed by atoms with Crippen LogP contribution in [0, 0.1) is 24.4 Å². The van der Waals surface area contributed by atoms with Crippen molar-refractivity contribution in [3.05, 3.63) is 59.4 Å². The molecule has 0 unspecified atom stereocenters. The molecule has 2 N–H and O–H groups in total. The molecule has 1 saturated heterocycles. The van der Waals surface area contributed by atoms with E-state index in [1.165, 1.54) is 11.8 Å². The first-order valence-electron chi connectivity index (χ1n) is 9.51. The second-order valence-electron chi connectivity index (χ2n) is 7.14. The first-order valence-corrected chi connectivity index (χ1v) is 9.51. The highest BCUT2D eigenvalue weighted by molar-refractivity contribution is 6.15. The van der Waals surface area contributed by atoms with Gasteiger partial charge in [0.15, 0.2) is 17.5 Å². The molecule has 1 heterocycles. The summed E-state index contributed by atoms with van der Waals surface area (Å²) in [4.78, 5) is 51.2. The van der Waals surface area contributed by atoms with Crippen LogP contribution in [-0.4, -0.2) is 47.8 Å². The van der Waals surface area contributed by atoms with Crippen molar-refractivity contribution in [2.75, 3.05) is 23.3 Å². The standard InChI is InChI=1S/C21H19F3N4O4/c1-11-3-5-13(6-4-11)28-12(2)20(31)27(21(28)32)10-17(30)25-9-16(29)26-15-8-7-14(22)18(23)19(15)24/h3-8,12H,9-10H2,1-2H3,(H,25,30)(H,26,29)/t12-/m0/s1. The summed E-state index contributed by atoms with van der Waals surface area (Å²) in [6, 6.07) is 6.89. The van der Waals surface area contributed by atoms with Gasteiger partial charge in [-0.3, -0.25) is 24.2 Å². The lowest BCUT2D eigenvalue weighted by atomic mass is 10.2. The molecular weight excluding hydrogens is 429 g/mol. The number of imide groups is 1. The number of nitrogens with zero attached hydrogens (tertiary/aromatic N) is 2. The van der Waals surface area contributed by atoms with Gasteiger partial charge in [-0.15, -0.1) is 0 Å². The van der Waals surface area contributed by atoms with Crippen molar-refractivity contribution in [3.8, 4) is 0 Å². The molecular formula is C21H19F3N4O4. The van der Waals surface area contributed by atoms with Crippen LogP contribution in [0.4, 0.5) is 29.3 Å². The second kappa shape index (κ2) is 9.08. The molecule has 0 aromatic heterocycles. The number of nitrogens with one attached hydrogen (secondary N) is 2. The van der Waals surface area contributed by atoms with Gasteiger partial charge in [-0.2, -0.15) is 0 Å². The molecule has 0 saturated carbocycles. The number of carbonyl (C=O) groups excluding carboxylic acids is 4. The number of aryl methyl sites for hydroxylation is 1. The first kappa shape index (κ1) is 22.8. The number of hydrogen-bond acceptors (Lipinski definition) is 4. The minimum atomic E-state index is -1.75. The number of halogens is 3. The Morgan fingerprint density at radius 1 is 0.969 bits per heavy atom. The number of urea groups is 1. The van der Waals surface area contributed by atoms with E-state index in [0.717, 1.165) is 16.5 Å². The van der Waals surface area contributed by atoms with Crippen LogP contribution >= 0.6 is 0 Å². The third kappa shape index (κ3) is 4.56. The predicted molar refractivity (Wildman–Crippen MR) is 108 cm³/mol. The average Bonchev–Trinajstić information content (AvgIpc) is 2.96. The number of anilines is 2. The molecule has 1 fully saturated rings. The zero-order valence-corrected chi connectivity index (χ0v) is 17.1. The summed E-state index contributed by atoms with van der Waals surface area (Å²) < 4.78 is 39.8. The maximum Gasteiger partial charge on any atom is 0.332 e. The summed E-state index contributed by atoms with van der Waals surface area (Å²) in [5.74, 6) is -7.06. The van der Waals surface area contributed by atoms with E-state index in [0.29, 0.717) is 11.8 Å². The van der Waals surface area contributed by atoms with Crippen LogP contribution in [0.3, 0.4) is 0 Å².